The molecule has 1 fully saturated rings. The third-order valence-corrected chi connectivity index (χ3v) is 7.22. The van der Waals surface area contributed by atoms with Gasteiger partial charge in [-0.1, -0.05) is 54.6 Å². The van der Waals surface area contributed by atoms with Crippen LogP contribution < -0.4 is 14.2 Å². The molecule has 1 N–H and O–H groups in total. The Labute approximate surface area is 245 Å². The van der Waals surface area contributed by atoms with Gasteiger partial charge in [-0.3, -0.25) is 9.59 Å². The van der Waals surface area contributed by atoms with Crippen molar-refractivity contribution in [1.29, 1.82) is 0 Å². The second kappa shape index (κ2) is 12.6. The second-order valence-corrected chi connectivity index (χ2v) is 10.0. The maximum atomic E-state index is 13.5. The predicted molar refractivity (Wildman–Crippen MR) is 160 cm³/mol. The van der Waals surface area contributed by atoms with Crippen LogP contribution in [0.25, 0.3) is 5.76 Å². The van der Waals surface area contributed by atoms with Gasteiger partial charge in [-0.15, -0.1) is 0 Å². The number of Topliss-reactive ketones (excluding diaryl/α,β-unsaturated/α-hetero) is 1. The van der Waals surface area contributed by atoms with Crippen LogP contribution in [0.1, 0.15) is 40.8 Å². The number of methoxy groups -OCH3 is 1. The summed E-state index contributed by atoms with van der Waals surface area (Å²) in [7, 11) is 1.57. The molecule has 1 saturated heterocycles. The van der Waals surface area contributed by atoms with Crippen LogP contribution in [-0.2, 0) is 22.7 Å². The molecular weight excluding hydrogens is 530 g/mol. The van der Waals surface area contributed by atoms with Crippen LogP contribution >= 0.6 is 0 Å². The highest BCUT2D eigenvalue weighted by molar-refractivity contribution is 6.46. The summed E-state index contributed by atoms with van der Waals surface area (Å²) in [5, 5.41) is 11.6. The Bertz CT molecular complexity index is 1610. The number of benzene rings is 4. The molecule has 214 valence electrons. The van der Waals surface area contributed by atoms with Crippen molar-refractivity contribution in [3.8, 4) is 17.2 Å². The molecule has 7 heteroatoms. The number of aliphatic hydroxyl groups excluding tert-OH is 1. The maximum Gasteiger partial charge on any atom is 0.295 e. The lowest BCUT2D eigenvalue weighted by molar-refractivity contribution is -0.140. The van der Waals surface area contributed by atoms with E-state index in [1.54, 1.807) is 49.6 Å². The van der Waals surface area contributed by atoms with E-state index in [0.717, 1.165) is 16.7 Å². The molecule has 0 aliphatic carbocycles. The van der Waals surface area contributed by atoms with E-state index in [9.17, 15) is 14.7 Å². The van der Waals surface area contributed by atoms with Gasteiger partial charge in [0.25, 0.3) is 11.7 Å². The number of carbonyl (C=O) groups is 2. The first kappa shape index (κ1) is 28.5. The summed E-state index contributed by atoms with van der Waals surface area (Å²) < 4.78 is 16.9. The number of hydrogen-bond acceptors (Lipinski definition) is 6. The quantitative estimate of drug-likeness (QED) is 0.133. The van der Waals surface area contributed by atoms with E-state index in [4.69, 9.17) is 14.2 Å². The van der Waals surface area contributed by atoms with E-state index in [1.807, 2.05) is 68.4 Å². The van der Waals surface area contributed by atoms with Crippen molar-refractivity contribution in [1.82, 2.24) is 4.90 Å². The van der Waals surface area contributed by atoms with Crippen LogP contribution in [0.2, 0.25) is 0 Å². The number of rotatable bonds is 10. The minimum absolute atomic E-state index is 0.0310. The fourth-order valence-electron chi connectivity index (χ4n) is 5.12. The molecule has 1 heterocycles. The van der Waals surface area contributed by atoms with Gasteiger partial charge in [0.2, 0.25) is 0 Å². The van der Waals surface area contributed by atoms with E-state index < -0.39 is 17.7 Å². The minimum atomic E-state index is -0.805. The Morgan fingerprint density at radius 3 is 2.26 bits per heavy atom. The molecule has 0 bridgehead atoms. The fraction of sp³-hybridized carbons (Fsp3) is 0.200. The first-order valence-corrected chi connectivity index (χ1v) is 13.8. The number of ketones is 1. The number of amides is 1. The normalized spacial score (nSPS) is 16.0. The first-order chi connectivity index (χ1) is 20.4. The third kappa shape index (κ3) is 6.00. The van der Waals surface area contributed by atoms with Crippen molar-refractivity contribution >= 4 is 17.4 Å². The van der Waals surface area contributed by atoms with E-state index in [-0.39, 0.29) is 17.9 Å². The molecule has 4 aromatic rings. The van der Waals surface area contributed by atoms with E-state index in [0.29, 0.717) is 41.6 Å². The molecule has 7 nitrogen and oxygen atoms in total. The molecule has 0 aromatic heterocycles. The van der Waals surface area contributed by atoms with E-state index >= 15 is 0 Å². The van der Waals surface area contributed by atoms with Crippen LogP contribution in [0.4, 0.5) is 0 Å². The van der Waals surface area contributed by atoms with Gasteiger partial charge in [0.1, 0.15) is 29.6 Å². The Morgan fingerprint density at radius 2 is 1.57 bits per heavy atom. The van der Waals surface area contributed by atoms with E-state index in [1.165, 1.54) is 4.90 Å². The third-order valence-electron chi connectivity index (χ3n) is 7.22. The Morgan fingerprint density at radius 1 is 0.833 bits per heavy atom. The fourth-order valence-corrected chi connectivity index (χ4v) is 5.12. The van der Waals surface area contributed by atoms with Crippen LogP contribution in [0.5, 0.6) is 17.2 Å². The molecule has 1 aliphatic rings. The minimum Gasteiger partial charge on any atom is -0.507 e. The standard InChI is InChI=1S/C35H33NO6/c1-4-41-29-12-8-11-25(20-29)21-36-32(26-13-16-28(40-3)17-14-26)31(34(38)35(36)39)33(37)27-15-18-30(23(2)19-27)42-22-24-9-6-5-7-10-24/h5-20,32,37H,4,21-22H2,1-3H3/b33-31-. The maximum absolute atomic E-state index is 13.5. The summed E-state index contributed by atoms with van der Waals surface area (Å²) in [6, 6.07) is 28.8. The number of ether oxygens (including phenoxy) is 3. The van der Waals surface area contributed by atoms with Crippen LogP contribution in [0.15, 0.2) is 103 Å². The first-order valence-electron chi connectivity index (χ1n) is 13.8. The summed E-state index contributed by atoms with van der Waals surface area (Å²) in [4.78, 5) is 28.5. The van der Waals surface area contributed by atoms with Crippen LogP contribution in [0, 0.1) is 6.92 Å². The van der Waals surface area contributed by atoms with Gasteiger partial charge in [-0.05, 0) is 78.6 Å². The van der Waals surface area contributed by atoms with Gasteiger partial charge in [0.15, 0.2) is 0 Å². The average Bonchev–Trinajstić information content (AvgIpc) is 3.26. The smallest absolute Gasteiger partial charge is 0.295 e. The topological polar surface area (TPSA) is 85.3 Å². The monoisotopic (exact) mass is 563 g/mol. The van der Waals surface area contributed by atoms with Gasteiger partial charge in [0.05, 0.1) is 25.3 Å². The molecule has 1 unspecified atom stereocenters. The SMILES string of the molecule is CCOc1cccc(CN2C(=O)C(=O)/C(=C(\O)c3ccc(OCc4ccccc4)c(C)c3)C2c2ccc(OC)cc2)c1. The molecule has 0 spiro atoms. The predicted octanol–water partition coefficient (Wildman–Crippen LogP) is 6.60. The van der Waals surface area contributed by atoms with Crippen LogP contribution in [0.3, 0.4) is 0 Å². The van der Waals surface area contributed by atoms with Crippen molar-refractivity contribution in [2.45, 2.75) is 33.0 Å². The van der Waals surface area contributed by atoms with Crippen molar-refractivity contribution in [2.24, 2.45) is 0 Å². The highest BCUT2D eigenvalue weighted by Crippen LogP contribution is 2.41. The lowest BCUT2D eigenvalue weighted by atomic mass is 9.94. The van der Waals surface area contributed by atoms with Gasteiger partial charge in [-0.2, -0.15) is 0 Å². The number of carbonyl (C=O) groups excluding carboxylic acids is 2. The number of likely N-dealkylation sites (tertiary alicyclic amines) is 1. The molecule has 0 radical (unpaired) electrons. The lowest BCUT2D eigenvalue weighted by Gasteiger charge is -2.26. The lowest BCUT2D eigenvalue weighted by Crippen LogP contribution is -2.29. The molecular formula is C35H33NO6. The molecule has 1 amide bonds. The number of aliphatic hydroxyl groups is 1. The number of hydrogen-bond donors (Lipinski definition) is 1. The van der Waals surface area contributed by atoms with Crippen molar-refractivity contribution in [2.75, 3.05) is 13.7 Å². The Hall–Kier alpha value is -5.04. The van der Waals surface area contributed by atoms with Gasteiger partial charge >= 0.3 is 0 Å². The summed E-state index contributed by atoms with van der Waals surface area (Å²) in [5.74, 6) is 0.323. The van der Waals surface area contributed by atoms with Crippen LogP contribution in [-0.4, -0.2) is 35.4 Å². The summed E-state index contributed by atoms with van der Waals surface area (Å²) in [6.45, 7) is 4.85. The average molecular weight is 564 g/mol. The number of nitrogens with zero attached hydrogens (tertiary/aromatic N) is 1. The molecule has 4 aromatic carbocycles. The van der Waals surface area contributed by atoms with Gasteiger partial charge in [0, 0.05) is 12.1 Å². The van der Waals surface area contributed by atoms with Crippen molar-refractivity contribution in [3.63, 3.8) is 0 Å². The summed E-state index contributed by atoms with van der Waals surface area (Å²) in [6.07, 6.45) is 0. The molecule has 1 atom stereocenters. The zero-order valence-electron chi connectivity index (χ0n) is 23.9. The van der Waals surface area contributed by atoms with E-state index in [2.05, 4.69) is 0 Å². The van der Waals surface area contributed by atoms with Gasteiger partial charge in [-0.25, -0.2) is 0 Å². The Balaban J connectivity index is 1.51. The largest absolute Gasteiger partial charge is 0.507 e. The summed E-state index contributed by atoms with van der Waals surface area (Å²) in [5.41, 5.74) is 3.76. The number of aryl methyl sites for hydroxylation is 1. The molecule has 0 saturated carbocycles. The highest BCUT2D eigenvalue weighted by Gasteiger charge is 2.46. The Kier molecular flexibility index (Phi) is 8.58. The van der Waals surface area contributed by atoms with Crippen molar-refractivity contribution < 1.29 is 28.9 Å². The zero-order chi connectivity index (χ0) is 29.6. The van der Waals surface area contributed by atoms with Crippen molar-refractivity contribution in [3.05, 3.63) is 130 Å². The molecule has 5 rings (SSSR count). The van der Waals surface area contributed by atoms with Gasteiger partial charge < -0.3 is 24.2 Å². The zero-order valence-corrected chi connectivity index (χ0v) is 23.9. The summed E-state index contributed by atoms with van der Waals surface area (Å²) >= 11 is 0. The second-order valence-electron chi connectivity index (χ2n) is 10.0. The molecule has 42 heavy (non-hydrogen) atoms. The molecule has 1 aliphatic heterocycles. The highest BCUT2D eigenvalue weighted by atomic mass is 16.5.